The summed E-state index contributed by atoms with van der Waals surface area (Å²) in [5.41, 5.74) is 0. The van der Waals surface area contributed by atoms with Crippen molar-refractivity contribution in [2.45, 2.75) is 50.5 Å². The molecule has 3 aliphatic rings. The minimum atomic E-state index is -0.799. The molecule has 0 aromatic heterocycles. The van der Waals surface area contributed by atoms with E-state index in [4.69, 9.17) is 23.7 Å². The van der Waals surface area contributed by atoms with Crippen LogP contribution in [0.15, 0.2) is 0 Å². The molecule has 0 aromatic rings. The zero-order valence-electron chi connectivity index (χ0n) is 10.2. The van der Waals surface area contributed by atoms with E-state index in [9.17, 15) is 0 Å². The van der Waals surface area contributed by atoms with Crippen molar-refractivity contribution in [1.82, 2.24) is 0 Å². The molecule has 3 aliphatic heterocycles. The maximum absolute atomic E-state index is 5.73. The molecule has 3 fully saturated rings. The molecular weight excluding hydrogens is 224 g/mol. The fraction of sp³-hybridized carbons (Fsp3) is 1.00. The molecule has 0 aliphatic carbocycles. The number of unbranched alkanes of at least 4 members (excludes halogenated alkanes) is 1. The molecule has 3 rings (SSSR count). The van der Waals surface area contributed by atoms with Crippen LogP contribution >= 0.6 is 0 Å². The second kappa shape index (κ2) is 4.82. The van der Waals surface area contributed by atoms with Crippen LogP contribution in [-0.4, -0.2) is 50.7 Å². The van der Waals surface area contributed by atoms with Gasteiger partial charge in [0.2, 0.25) is 0 Å². The fourth-order valence-electron chi connectivity index (χ4n) is 1.83. The Bertz CT molecular complexity index is 246. The standard InChI is InChI=1S/C12H20O5/c1-2-3-4-11-12(17-11,15-7-9-5-13-9)16-8-10-6-14-10/h9-11H,2-8H2,1H3. The first kappa shape index (κ1) is 11.9. The van der Waals surface area contributed by atoms with E-state index in [1.807, 2.05) is 0 Å². The first-order chi connectivity index (χ1) is 8.32. The average Bonchev–Trinajstić information content (AvgIpc) is 3.21. The summed E-state index contributed by atoms with van der Waals surface area (Å²) >= 11 is 0. The lowest BCUT2D eigenvalue weighted by Crippen LogP contribution is -2.28. The molecule has 5 heteroatoms. The summed E-state index contributed by atoms with van der Waals surface area (Å²) in [6.07, 6.45) is 3.85. The van der Waals surface area contributed by atoms with Gasteiger partial charge in [0.05, 0.1) is 26.4 Å². The van der Waals surface area contributed by atoms with Crippen molar-refractivity contribution in [1.29, 1.82) is 0 Å². The molecule has 0 spiro atoms. The molecule has 0 radical (unpaired) electrons. The van der Waals surface area contributed by atoms with Crippen molar-refractivity contribution in [3.8, 4) is 0 Å². The first-order valence-electron chi connectivity index (χ1n) is 6.51. The molecule has 3 saturated heterocycles. The Labute approximate surface area is 101 Å². The number of rotatable bonds is 9. The van der Waals surface area contributed by atoms with E-state index in [2.05, 4.69) is 6.92 Å². The quantitative estimate of drug-likeness (QED) is 0.448. The molecule has 0 saturated carbocycles. The average molecular weight is 244 g/mol. The molecule has 3 heterocycles. The van der Waals surface area contributed by atoms with Gasteiger partial charge < -0.3 is 23.7 Å². The third kappa shape index (κ3) is 3.17. The highest BCUT2D eigenvalue weighted by Gasteiger charge is 2.60. The van der Waals surface area contributed by atoms with Crippen molar-refractivity contribution >= 4 is 0 Å². The predicted molar refractivity (Wildman–Crippen MR) is 58.5 cm³/mol. The van der Waals surface area contributed by atoms with E-state index in [1.54, 1.807) is 0 Å². The van der Waals surface area contributed by atoms with Gasteiger partial charge in [0.25, 0.3) is 0 Å². The van der Waals surface area contributed by atoms with E-state index < -0.39 is 5.97 Å². The monoisotopic (exact) mass is 244 g/mol. The summed E-state index contributed by atoms with van der Waals surface area (Å²) in [7, 11) is 0. The van der Waals surface area contributed by atoms with Gasteiger partial charge >= 0.3 is 5.97 Å². The van der Waals surface area contributed by atoms with E-state index in [1.165, 1.54) is 0 Å². The summed E-state index contributed by atoms with van der Waals surface area (Å²) in [6, 6.07) is 0. The molecule has 5 nitrogen and oxygen atoms in total. The van der Waals surface area contributed by atoms with E-state index in [0.29, 0.717) is 13.2 Å². The van der Waals surface area contributed by atoms with Gasteiger partial charge in [-0.1, -0.05) is 19.8 Å². The Balaban J connectivity index is 1.44. The lowest BCUT2D eigenvalue weighted by molar-refractivity contribution is -0.231. The Morgan fingerprint density at radius 1 is 1.12 bits per heavy atom. The first-order valence-corrected chi connectivity index (χ1v) is 6.51. The van der Waals surface area contributed by atoms with Crippen molar-refractivity contribution in [2.24, 2.45) is 0 Å². The Morgan fingerprint density at radius 3 is 2.18 bits per heavy atom. The SMILES string of the molecule is CCCCC1OC1(OCC1CO1)OCC1CO1. The fourth-order valence-corrected chi connectivity index (χ4v) is 1.83. The molecule has 3 unspecified atom stereocenters. The van der Waals surface area contributed by atoms with Gasteiger partial charge in [-0.15, -0.1) is 0 Å². The summed E-state index contributed by atoms with van der Waals surface area (Å²) in [5.74, 6) is -0.799. The molecule has 0 amide bonds. The second-order valence-corrected chi connectivity index (χ2v) is 4.88. The predicted octanol–water partition coefficient (Wildman–Crippen LogP) is 1.06. The number of ether oxygens (including phenoxy) is 5. The number of hydrogen-bond acceptors (Lipinski definition) is 5. The molecule has 98 valence electrons. The molecule has 17 heavy (non-hydrogen) atoms. The van der Waals surface area contributed by atoms with Crippen LogP contribution in [0.1, 0.15) is 26.2 Å². The largest absolute Gasteiger partial charge is 0.371 e. The van der Waals surface area contributed by atoms with Crippen molar-refractivity contribution in [2.75, 3.05) is 26.4 Å². The molecule has 0 N–H and O–H groups in total. The highest BCUT2D eigenvalue weighted by atomic mass is 17.0. The number of hydrogen-bond donors (Lipinski definition) is 0. The minimum Gasteiger partial charge on any atom is -0.371 e. The van der Waals surface area contributed by atoms with Gasteiger partial charge in [-0.05, 0) is 6.42 Å². The third-order valence-electron chi connectivity index (χ3n) is 3.21. The highest BCUT2D eigenvalue weighted by molar-refractivity contribution is 4.88. The Morgan fingerprint density at radius 2 is 1.71 bits per heavy atom. The van der Waals surface area contributed by atoms with Crippen LogP contribution in [0.2, 0.25) is 0 Å². The second-order valence-electron chi connectivity index (χ2n) is 4.88. The van der Waals surface area contributed by atoms with E-state index >= 15 is 0 Å². The van der Waals surface area contributed by atoms with Gasteiger partial charge in [-0.3, -0.25) is 0 Å². The summed E-state index contributed by atoms with van der Waals surface area (Å²) in [4.78, 5) is 0. The lowest BCUT2D eigenvalue weighted by Gasteiger charge is -2.13. The van der Waals surface area contributed by atoms with Gasteiger partial charge in [0, 0.05) is 0 Å². The molecular formula is C12H20O5. The van der Waals surface area contributed by atoms with Gasteiger partial charge in [-0.25, -0.2) is 0 Å². The highest BCUT2D eigenvalue weighted by Crippen LogP contribution is 2.43. The van der Waals surface area contributed by atoms with Crippen molar-refractivity contribution < 1.29 is 23.7 Å². The maximum atomic E-state index is 5.73. The van der Waals surface area contributed by atoms with E-state index in [-0.39, 0.29) is 18.3 Å². The van der Waals surface area contributed by atoms with Crippen LogP contribution in [0.5, 0.6) is 0 Å². The molecule has 3 atom stereocenters. The van der Waals surface area contributed by atoms with Crippen molar-refractivity contribution in [3.05, 3.63) is 0 Å². The molecule has 0 bridgehead atoms. The van der Waals surface area contributed by atoms with Crippen LogP contribution in [0.25, 0.3) is 0 Å². The van der Waals surface area contributed by atoms with Crippen LogP contribution in [0.4, 0.5) is 0 Å². The third-order valence-corrected chi connectivity index (χ3v) is 3.21. The normalized spacial score (nSPS) is 42.5. The Kier molecular flexibility index (Phi) is 3.36. The van der Waals surface area contributed by atoms with Gasteiger partial charge in [-0.2, -0.15) is 0 Å². The zero-order valence-corrected chi connectivity index (χ0v) is 10.2. The smallest absolute Gasteiger partial charge is 0.311 e. The summed E-state index contributed by atoms with van der Waals surface area (Å²) < 4.78 is 27.3. The lowest BCUT2D eigenvalue weighted by atomic mass is 10.2. The topological polar surface area (TPSA) is 56.0 Å². The van der Waals surface area contributed by atoms with E-state index in [0.717, 1.165) is 32.5 Å². The minimum absolute atomic E-state index is 0.0833. The molecule has 0 aromatic carbocycles. The zero-order chi connectivity index (χ0) is 11.7. The maximum Gasteiger partial charge on any atom is 0.311 e. The number of epoxide rings is 3. The van der Waals surface area contributed by atoms with Crippen LogP contribution in [0.3, 0.4) is 0 Å². The van der Waals surface area contributed by atoms with Crippen LogP contribution in [-0.2, 0) is 23.7 Å². The van der Waals surface area contributed by atoms with Gasteiger partial charge in [0.1, 0.15) is 18.3 Å². The summed E-state index contributed by atoms with van der Waals surface area (Å²) in [6.45, 7) is 4.88. The van der Waals surface area contributed by atoms with Gasteiger partial charge in [0.15, 0.2) is 0 Å². The van der Waals surface area contributed by atoms with Crippen molar-refractivity contribution in [3.63, 3.8) is 0 Å². The van der Waals surface area contributed by atoms with Crippen LogP contribution < -0.4 is 0 Å². The van der Waals surface area contributed by atoms with Crippen LogP contribution in [0, 0.1) is 0 Å². The Hall–Kier alpha value is -0.200. The summed E-state index contributed by atoms with van der Waals surface area (Å²) in [5, 5.41) is 0.